The smallest absolute Gasteiger partial charge is 0.0758 e. The van der Waals surface area contributed by atoms with Gasteiger partial charge in [0.1, 0.15) is 0 Å². The topological polar surface area (TPSA) is 12.0 Å². The van der Waals surface area contributed by atoms with E-state index in [1.54, 1.807) is 11.3 Å². The minimum absolute atomic E-state index is 0.355. The fraction of sp³-hybridized carbons (Fsp3) is 0.375. The summed E-state index contributed by atoms with van der Waals surface area (Å²) in [5.41, 5.74) is 4.12. The van der Waals surface area contributed by atoms with Gasteiger partial charge in [0.2, 0.25) is 0 Å². The number of aryl methyl sites for hydroxylation is 1. The Kier molecular flexibility index (Phi) is 6.27. The summed E-state index contributed by atoms with van der Waals surface area (Å²) in [6, 6.07) is 11.2. The number of rotatable bonds is 6. The van der Waals surface area contributed by atoms with Crippen molar-refractivity contribution in [3.63, 3.8) is 0 Å². The lowest BCUT2D eigenvalue weighted by Crippen LogP contribution is -2.24. The molecule has 0 aliphatic heterocycles. The predicted molar refractivity (Wildman–Crippen MR) is 95.6 cm³/mol. The summed E-state index contributed by atoms with van der Waals surface area (Å²) in [5.74, 6) is 0. The zero-order valence-corrected chi connectivity index (χ0v) is 15.7. The number of thiophene rings is 1. The van der Waals surface area contributed by atoms with Crippen molar-refractivity contribution < 1.29 is 0 Å². The molecule has 1 nitrogen and oxygen atoms in total. The Morgan fingerprint density at radius 2 is 2.00 bits per heavy atom. The van der Waals surface area contributed by atoms with Crippen molar-refractivity contribution in [2.45, 2.75) is 32.7 Å². The Bertz CT molecular complexity index is 565. The molecule has 4 heteroatoms. The van der Waals surface area contributed by atoms with Gasteiger partial charge < -0.3 is 5.32 Å². The average Bonchev–Trinajstić information content (AvgIpc) is 2.75. The van der Waals surface area contributed by atoms with Gasteiger partial charge in [-0.2, -0.15) is 0 Å². The van der Waals surface area contributed by atoms with Gasteiger partial charge in [-0.05, 0) is 80.9 Å². The van der Waals surface area contributed by atoms with Crippen LogP contribution in [0.5, 0.6) is 0 Å². The van der Waals surface area contributed by atoms with E-state index in [1.165, 1.54) is 24.3 Å². The summed E-state index contributed by atoms with van der Waals surface area (Å²) in [4.78, 5) is 0. The molecule has 0 saturated heterocycles. The third kappa shape index (κ3) is 4.17. The molecule has 0 aliphatic rings. The Morgan fingerprint density at radius 3 is 2.60 bits per heavy atom. The summed E-state index contributed by atoms with van der Waals surface area (Å²) in [6.07, 6.45) is 2.17. The van der Waals surface area contributed by atoms with Gasteiger partial charge in [-0.15, -0.1) is 11.3 Å². The molecule has 2 aromatic rings. The lowest BCUT2D eigenvalue weighted by atomic mass is 9.97. The maximum absolute atomic E-state index is 3.69. The molecule has 0 fully saturated rings. The van der Waals surface area contributed by atoms with Gasteiger partial charge in [-0.3, -0.25) is 0 Å². The van der Waals surface area contributed by atoms with Gasteiger partial charge in [0.05, 0.1) is 7.57 Å². The second kappa shape index (κ2) is 7.74. The van der Waals surface area contributed by atoms with Crippen LogP contribution in [0.15, 0.2) is 37.9 Å². The van der Waals surface area contributed by atoms with E-state index in [9.17, 15) is 0 Å². The van der Waals surface area contributed by atoms with Crippen molar-refractivity contribution in [2.24, 2.45) is 0 Å². The predicted octanol–water partition coefficient (Wildman–Crippen LogP) is 5.86. The average molecular weight is 417 g/mol. The molecule has 20 heavy (non-hydrogen) atoms. The van der Waals surface area contributed by atoms with Gasteiger partial charge in [0.15, 0.2) is 0 Å². The molecule has 0 spiro atoms. The van der Waals surface area contributed by atoms with E-state index in [0.717, 1.165) is 19.4 Å². The Hall–Kier alpha value is -0.160. The normalized spacial score (nSPS) is 12.6. The van der Waals surface area contributed by atoms with Crippen LogP contribution in [0.2, 0.25) is 0 Å². The molecular weight excluding hydrogens is 398 g/mol. The molecular formula is C16H19Br2NS. The SMILES string of the molecule is CCCNC(Cc1ccccc1C)c1cc(Br)sc1Br. The van der Waals surface area contributed by atoms with Crippen LogP contribution < -0.4 is 5.32 Å². The monoisotopic (exact) mass is 415 g/mol. The van der Waals surface area contributed by atoms with Crippen molar-refractivity contribution in [3.05, 3.63) is 54.6 Å². The van der Waals surface area contributed by atoms with Crippen LogP contribution in [0.25, 0.3) is 0 Å². The quantitative estimate of drug-likeness (QED) is 0.621. The molecule has 1 unspecified atom stereocenters. The van der Waals surface area contributed by atoms with E-state index in [0.29, 0.717) is 6.04 Å². The fourth-order valence-corrected chi connectivity index (χ4v) is 5.23. The first-order valence-electron chi connectivity index (χ1n) is 6.84. The molecule has 2 rings (SSSR count). The van der Waals surface area contributed by atoms with Crippen LogP contribution in [0.1, 0.15) is 36.1 Å². The summed E-state index contributed by atoms with van der Waals surface area (Å²) < 4.78 is 2.39. The molecule has 1 atom stereocenters. The number of benzene rings is 1. The minimum atomic E-state index is 0.355. The van der Waals surface area contributed by atoms with Crippen LogP contribution in [-0.2, 0) is 6.42 Å². The molecule has 0 amide bonds. The Morgan fingerprint density at radius 1 is 1.25 bits per heavy atom. The molecule has 1 N–H and O–H groups in total. The van der Waals surface area contributed by atoms with Crippen LogP contribution in [0.3, 0.4) is 0 Å². The first-order chi connectivity index (χ1) is 9.61. The van der Waals surface area contributed by atoms with Gasteiger partial charge in [-0.25, -0.2) is 0 Å². The Labute approximate surface area is 142 Å². The van der Waals surface area contributed by atoms with Crippen LogP contribution >= 0.6 is 43.2 Å². The van der Waals surface area contributed by atoms with E-state index in [-0.39, 0.29) is 0 Å². The van der Waals surface area contributed by atoms with E-state index >= 15 is 0 Å². The third-order valence-electron chi connectivity index (χ3n) is 3.38. The number of hydrogen-bond donors (Lipinski definition) is 1. The van der Waals surface area contributed by atoms with Crippen LogP contribution in [0.4, 0.5) is 0 Å². The van der Waals surface area contributed by atoms with Crippen molar-refractivity contribution in [2.75, 3.05) is 6.54 Å². The molecule has 0 aliphatic carbocycles. The van der Waals surface area contributed by atoms with E-state index < -0.39 is 0 Å². The van der Waals surface area contributed by atoms with Gasteiger partial charge in [-0.1, -0.05) is 31.2 Å². The molecule has 108 valence electrons. The van der Waals surface area contributed by atoms with Crippen molar-refractivity contribution in [1.82, 2.24) is 5.32 Å². The third-order valence-corrected chi connectivity index (χ3v) is 5.77. The highest BCUT2D eigenvalue weighted by Gasteiger charge is 2.17. The van der Waals surface area contributed by atoms with Crippen LogP contribution in [0, 0.1) is 6.92 Å². The Balaban J connectivity index is 2.24. The zero-order valence-electron chi connectivity index (χ0n) is 11.7. The molecule has 1 heterocycles. The molecule has 0 radical (unpaired) electrons. The first kappa shape index (κ1) is 16.2. The fourth-order valence-electron chi connectivity index (χ4n) is 2.26. The number of hydrogen-bond acceptors (Lipinski definition) is 2. The molecule has 0 bridgehead atoms. The van der Waals surface area contributed by atoms with Gasteiger partial charge in [0.25, 0.3) is 0 Å². The largest absolute Gasteiger partial charge is 0.310 e. The highest BCUT2D eigenvalue weighted by Crippen LogP contribution is 2.36. The summed E-state index contributed by atoms with van der Waals surface area (Å²) >= 11 is 9.01. The van der Waals surface area contributed by atoms with E-state index in [2.05, 4.69) is 81.4 Å². The summed E-state index contributed by atoms with van der Waals surface area (Å²) in [7, 11) is 0. The number of halogens is 2. The van der Waals surface area contributed by atoms with Crippen molar-refractivity contribution in [1.29, 1.82) is 0 Å². The lowest BCUT2D eigenvalue weighted by Gasteiger charge is -2.19. The first-order valence-corrected chi connectivity index (χ1v) is 9.24. The zero-order chi connectivity index (χ0) is 14.5. The maximum atomic E-state index is 3.69. The van der Waals surface area contributed by atoms with Gasteiger partial charge in [0, 0.05) is 6.04 Å². The van der Waals surface area contributed by atoms with E-state index in [4.69, 9.17) is 0 Å². The van der Waals surface area contributed by atoms with Crippen molar-refractivity contribution >= 4 is 43.2 Å². The molecule has 1 aromatic heterocycles. The molecule has 1 aromatic carbocycles. The highest BCUT2D eigenvalue weighted by atomic mass is 79.9. The summed E-state index contributed by atoms with van der Waals surface area (Å²) in [5, 5.41) is 3.67. The lowest BCUT2D eigenvalue weighted by molar-refractivity contribution is 0.528. The number of nitrogens with one attached hydrogen (secondary N) is 1. The van der Waals surface area contributed by atoms with Gasteiger partial charge >= 0.3 is 0 Å². The molecule has 0 saturated carbocycles. The highest BCUT2D eigenvalue weighted by molar-refractivity contribution is 9.12. The second-order valence-electron chi connectivity index (χ2n) is 4.92. The minimum Gasteiger partial charge on any atom is -0.310 e. The van der Waals surface area contributed by atoms with Crippen molar-refractivity contribution in [3.8, 4) is 0 Å². The second-order valence-corrected chi connectivity index (χ2v) is 8.67. The summed E-state index contributed by atoms with van der Waals surface area (Å²) in [6.45, 7) is 5.43. The standard InChI is InChI=1S/C16H19Br2NS/c1-3-8-19-14(13-10-15(17)20-16(13)18)9-12-7-5-4-6-11(12)2/h4-7,10,14,19H,3,8-9H2,1-2H3. The maximum Gasteiger partial charge on any atom is 0.0758 e. The van der Waals surface area contributed by atoms with Crippen LogP contribution in [-0.4, -0.2) is 6.54 Å². The van der Waals surface area contributed by atoms with E-state index in [1.807, 2.05) is 0 Å².